The van der Waals surface area contributed by atoms with Crippen LogP contribution in [0.25, 0.3) is 0 Å². The molecule has 5 rings (SSSR count). The highest BCUT2D eigenvalue weighted by Gasteiger charge is 2.61. The number of ether oxygens (including phenoxy) is 1. The number of amides is 3. The Morgan fingerprint density at radius 2 is 1.61 bits per heavy atom. The molecule has 0 unspecified atom stereocenters. The van der Waals surface area contributed by atoms with Crippen molar-refractivity contribution in [2.75, 3.05) is 16.8 Å². The molecule has 7 heteroatoms. The van der Waals surface area contributed by atoms with E-state index in [2.05, 4.69) is 5.32 Å². The molecule has 3 amide bonds. The van der Waals surface area contributed by atoms with Gasteiger partial charge in [0.25, 0.3) is 5.91 Å². The molecule has 33 heavy (non-hydrogen) atoms. The Balaban J connectivity index is 1.25. The Morgan fingerprint density at radius 3 is 2.24 bits per heavy atom. The molecule has 2 aromatic rings. The first-order valence-electron chi connectivity index (χ1n) is 11.3. The van der Waals surface area contributed by atoms with E-state index in [0.717, 1.165) is 30.4 Å². The van der Waals surface area contributed by atoms with E-state index in [-0.39, 0.29) is 29.2 Å². The lowest BCUT2D eigenvalue weighted by atomic mass is 9.81. The summed E-state index contributed by atoms with van der Waals surface area (Å²) in [5, 5.41) is 2.72. The minimum absolute atomic E-state index is 0.157. The van der Waals surface area contributed by atoms with Crippen LogP contribution in [0.3, 0.4) is 0 Å². The van der Waals surface area contributed by atoms with Gasteiger partial charge in [0.2, 0.25) is 11.8 Å². The molecule has 1 saturated heterocycles. The molecular weight excluding hydrogens is 420 g/mol. The van der Waals surface area contributed by atoms with Crippen LogP contribution in [0.2, 0.25) is 0 Å². The molecule has 7 nitrogen and oxygen atoms in total. The van der Waals surface area contributed by atoms with E-state index in [4.69, 9.17) is 4.74 Å². The Kier molecular flexibility index (Phi) is 5.27. The van der Waals surface area contributed by atoms with Crippen LogP contribution in [0.1, 0.15) is 40.7 Å². The number of nitrogens with zero attached hydrogens (tertiary/aromatic N) is 1. The molecule has 0 spiro atoms. The number of rotatable bonds is 5. The number of aryl methyl sites for hydroxylation is 2. The van der Waals surface area contributed by atoms with Gasteiger partial charge in [-0.2, -0.15) is 0 Å². The van der Waals surface area contributed by atoms with Crippen LogP contribution in [-0.4, -0.2) is 30.3 Å². The number of imide groups is 1. The van der Waals surface area contributed by atoms with Gasteiger partial charge in [0.15, 0.2) is 6.61 Å². The van der Waals surface area contributed by atoms with Crippen molar-refractivity contribution in [3.63, 3.8) is 0 Å². The van der Waals surface area contributed by atoms with Gasteiger partial charge in [0.1, 0.15) is 0 Å². The molecule has 3 aliphatic rings. The largest absolute Gasteiger partial charge is 0.452 e. The number of carbonyl (C=O) groups excluding carboxylic acids is 4. The molecule has 4 atom stereocenters. The average Bonchev–Trinajstić information content (AvgIpc) is 3.45. The van der Waals surface area contributed by atoms with Crippen LogP contribution in [0.4, 0.5) is 11.4 Å². The Bertz CT molecular complexity index is 1120. The maximum atomic E-state index is 13.0. The van der Waals surface area contributed by atoms with E-state index in [1.54, 1.807) is 18.2 Å². The van der Waals surface area contributed by atoms with Crippen LogP contribution in [0, 0.1) is 37.5 Å². The Hall–Kier alpha value is -3.48. The SMILES string of the molecule is Cc1cc(C)cc(NC(=O)COC(=O)c2cccc(N3C(=O)[C@@H]4[C@H]5CC[C@@H](C5)[C@@H]4C3=O)c2)c1. The van der Waals surface area contributed by atoms with Gasteiger partial charge in [-0.3, -0.25) is 19.3 Å². The quantitative estimate of drug-likeness (QED) is 0.559. The minimum atomic E-state index is -0.688. The topological polar surface area (TPSA) is 92.8 Å². The fourth-order valence-corrected chi connectivity index (χ4v) is 5.89. The first kappa shape index (κ1) is 21.4. The van der Waals surface area contributed by atoms with Gasteiger partial charge in [-0.05, 0) is 86.4 Å². The molecule has 2 aliphatic carbocycles. The van der Waals surface area contributed by atoms with Gasteiger partial charge in [0, 0.05) is 5.69 Å². The van der Waals surface area contributed by atoms with E-state index < -0.39 is 18.5 Å². The van der Waals surface area contributed by atoms with Gasteiger partial charge in [-0.25, -0.2) is 4.79 Å². The zero-order valence-corrected chi connectivity index (χ0v) is 18.7. The lowest BCUT2D eigenvalue weighted by Crippen LogP contribution is -2.32. The van der Waals surface area contributed by atoms with Crippen LogP contribution in [-0.2, 0) is 19.1 Å². The number of hydrogen-bond donors (Lipinski definition) is 1. The molecule has 3 fully saturated rings. The predicted molar refractivity (Wildman–Crippen MR) is 122 cm³/mol. The summed E-state index contributed by atoms with van der Waals surface area (Å²) in [6, 6.07) is 12.0. The van der Waals surface area contributed by atoms with Crippen molar-refractivity contribution < 1.29 is 23.9 Å². The van der Waals surface area contributed by atoms with Crippen molar-refractivity contribution in [2.45, 2.75) is 33.1 Å². The first-order valence-corrected chi connectivity index (χ1v) is 11.3. The summed E-state index contributed by atoms with van der Waals surface area (Å²) in [5.74, 6) is -1.30. The van der Waals surface area contributed by atoms with Crippen LogP contribution in [0.15, 0.2) is 42.5 Å². The van der Waals surface area contributed by atoms with Crippen molar-refractivity contribution in [3.05, 3.63) is 59.2 Å². The molecule has 0 aromatic heterocycles. The van der Waals surface area contributed by atoms with Crippen molar-refractivity contribution in [1.82, 2.24) is 0 Å². The molecule has 0 radical (unpaired) electrons. The fraction of sp³-hybridized carbons (Fsp3) is 0.385. The van der Waals surface area contributed by atoms with E-state index in [9.17, 15) is 19.2 Å². The smallest absolute Gasteiger partial charge is 0.338 e. The second-order valence-electron chi connectivity index (χ2n) is 9.45. The molecule has 170 valence electrons. The van der Waals surface area contributed by atoms with Gasteiger partial charge < -0.3 is 10.1 Å². The molecule has 2 aromatic carbocycles. The van der Waals surface area contributed by atoms with E-state index in [0.29, 0.717) is 23.2 Å². The first-order chi connectivity index (χ1) is 15.8. The normalized spacial score (nSPS) is 25.3. The monoisotopic (exact) mass is 446 g/mol. The van der Waals surface area contributed by atoms with Crippen molar-refractivity contribution in [1.29, 1.82) is 0 Å². The van der Waals surface area contributed by atoms with Crippen molar-refractivity contribution >= 4 is 35.1 Å². The second kappa shape index (κ2) is 8.14. The lowest BCUT2D eigenvalue weighted by molar-refractivity contribution is -0.123. The van der Waals surface area contributed by atoms with E-state index in [1.807, 2.05) is 32.0 Å². The summed E-state index contributed by atoms with van der Waals surface area (Å²) in [4.78, 5) is 52.1. The van der Waals surface area contributed by atoms with Crippen LogP contribution >= 0.6 is 0 Å². The fourth-order valence-electron chi connectivity index (χ4n) is 5.89. The van der Waals surface area contributed by atoms with Crippen LogP contribution < -0.4 is 10.2 Å². The maximum absolute atomic E-state index is 13.0. The van der Waals surface area contributed by atoms with Gasteiger partial charge in [0.05, 0.1) is 23.1 Å². The zero-order chi connectivity index (χ0) is 23.3. The highest BCUT2D eigenvalue weighted by atomic mass is 16.5. The third-order valence-corrected chi connectivity index (χ3v) is 7.11. The Labute approximate surface area is 192 Å². The lowest BCUT2D eigenvalue weighted by Gasteiger charge is -2.19. The molecule has 2 bridgehead atoms. The van der Waals surface area contributed by atoms with Crippen molar-refractivity contribution in [3.8, 4) is 0 Å². The maximum Gasteiger partial charge on any atom is 0.338 e. The van der Waals surface area contributed by atoms with Gasteiger partial charge in [-0.15, -0.1) is 0 Å². The second-order valence-corrected chi connectivity index (χ2v) is 9.45. The summed E-state index contributed by atoms with van der Waals surface area (Å²) in [6.45, 7) is 3.43. The number of benzene rings is 2. The predicted octanol–water partition coefficient (Wildman–Crippen LogP) is 3.63. The van der Waals surface area contributed by atoms with E-state index in [1.165, 1.54) is 11.0 Å². The molecule has 2 saturated carbocycles. The third-order valence-electron chi connectivity index (χ3n) is 7.11. The Morgan fingerprint density at radius 1 is 0.970 bits per heavy atom. The summed E-state index contributed by atoms with van der Waals surface area (Å²) in [7, 11) is 0. The number of hydrogen-bond acceptors (Lipinski definition) is 5. The molecule has 1 aliphatic heterocycles. The molecule has 1 N–H and O–H groups in total. The third kappa shape index (κ3) is 3.81. The zero-order valence-electron chi connectivity index (χ0n) is 18.7. The number of fused-ring (bicyclic) bond motifs is 5. The highest BCUT2D eigenvalue weighted by Crippen LogP contribution is 2.56. The van der Waals surface area contributed by atoms with Crippen molar-refractivity contribution in [2.24, 2.45) is 23.7 Å². The number of nitrogens with one attached hydrogen (secondary N) is 1. The summed E-state index contributed by atoms with van der Waals surface area (Å²) < 4.78 is 5.17. The highest BCUT2D eigenvalue weighted by molar-refractivity contribution is 6.22. The van der Waals surface area contributed by atoms with E-state index >= 15 is 0 Å². The summed E-state index contributed by atoms with van der Waals surface area (Å²) >= 11 is 0. The van der Waals surface area contributed by atoms with Gasteiger partial charge in [-0.1, -0.05) is 12.1 Å². The summed E-state index contributed by atoms with van der Waals surface area (Å²) in [5.41, 5.74) is 3.24. The number of anilines is 2. The van der Waals surface area contributed by atoms with Gasteiger partial charge >= 0.3 is 5.97 Å². The summed E-state index contributed by atoms with van der Waals surface area (Å²) in [6.07, 6.45) is 2.99. The number of carbonyl (C=O) groups is 4. The molecular formula is C26H26N2O5. The van der Waals surface area contributed by atoms with Crippen LogP contribution in [0.5, 0.6) is 0 Å². The number of esters is 1. The molecule has 1 heterocycles. The minimum Gasteiger partial charge on any atom is -0.452 e. The average molecular weight is 447 g/mol. The standard InChI is InChI=1S/C26H26N2O5/c1-14-8-15(2)10-19(9-14)27-21(29)13-33-26(32)18-4-3-5-20(12-18)28-24(30)22-16-6-7-17(11-16)23(22)25(28)31/h3-5,8-10,12,16-17,22-23H,6-7,11,13H2,1-2H3,(H,27,29)/t16-,17-,22-,23+/m0/s1.